The maximum Gasteiger partial charge on any atom is 0.225 e. The normalized spacial score (nSPS) is 26.5. The van der Waals surface area contributed by atoms with Gasteiger partial charge in [-0.25, -0.2) is 8.78 Å². The van der Waals surface area contributed by atoms with Crippen LogP contribution in [0, 0.1) is 23.5 Å². The summed E-state index contributed by atoms with van der Waals surface area (Å²) in [5.74, 6) is -0.382. The average molecular weight is 364 g/mol. The topological polar surface area (TPSA) is 32.8 Å². The summed E-state index contributed by atoms with van der Waals surface area (Å²) in [6, 6.07) is 2.78. The largest absolute Gasteiger partial charge is 0.496 e. The van der Waals surface area contributed by atoms with Gasteiger partial charge in [0.05, 0.1) is 7.11 Å². The van der Waals surface area contributed by atoms with Crippen molar-refractivity contribution >= 4 is 5.91 Å². The highest BCUT2D eigenvalue weighted by molar-refractivity contribution is 5.79. The van der Waals surface area contributed by atoms with E-state index in [0.717, 1.165) is 51.3 Å². The van der Waals surface area contributed by atoms with Crippen LogP contribution in [0.25, 0.3) is 0 Å². The first-order valence-electron chi connectivity index (χ1n) is 9.60. The number of amides is 1. The van der Waals surface area contributed by atoms with Gasteiger partial charge in [0, 0.05) is 43.7 Å². The highest BCUT2D eigenvalue weighted by Crippen LogP contribution is 2.35. The van der Waals surface area contributed by atoms with Crippen molar-refractivity contribution in [3.8, 4) is 5.75 Å². The van der Waals surface area contributed by atoms with Crippen LogP contribution in [0.4, 0.5) is 8.78 Å². The van der Waals surface area contributed by atoms with E-state index >= 15 is 0 Å². The molecule has 0 spiro atoms. The third-order valence-electron chi connectivity index (χ3n) is 6.33. The molecule has 26 heavy (non-hydrogen) atoms. The molecule has 2 atom stereocenters. The molecular weight excluding hydrogens is 338 g/mol. The number of piperidine rings is 1. The first-order valence-corrected chi connectivity index (χ1v) is 9.60. The first-order chi connectivity index (χ1) is 12.6. The van der Waals surface area contributed by atoms with Gasteiger partial charge in [0.15, 0.2) is 11.6 Å². The van der Waals surface area contributed by atoms with Gasteiger partial charge in [-0.3, -0.25) is 9.69 Å². The monoisotopic (exact) mass is 364 g/mol. The van der Waals surface area contributed by atoms with E-state index in [-0.39, 0.29) is 17.5 Å². The van der Waals surface area contributed by atoms with Crippen LogP contribution in [0.1, 0.15) is 37.7 Å². The van der Waals surface area contributed by atoms with Gasteiger partial charge in [0.2, 0.25) is 5.91 Å². The summed E-state index contributed by atoms with van der Waals surface area (Å²) in [4.78, 5) is 16.9. The standard InChI is InChI=1S/C20H26F2N2O2/c1-26-18-8-7-17(21)19(22)16(18)12-23-9-13-5-6-15(23)11-24(10-13)20(25)14-3-2-4-14/h7-8,13-15H,2-6,9-12H2,1H3/t13-,15-/m1/s1. The van der Waals surface area contributed by atoms with Gasteiger partial charge in [-0.2, -0.15) is 0 Å². The number of fused-ring (bicyclic) bond motifs is 4. The molecule has 4 nitrogen and oxygen atoms in total. The van der Waals surface area contributed by atoms with Crippen LogP contribution in [-0.4, -0.2) is 48.5 Å². The van der Waals surface area contributed by atoms with Crippen molar-refractivity contribution in [2.24, 2.45) is 11.8 Å². The minimum atomic E-state index is -0.845. The van der Waals surface area contributed by atoms with Gasteiger partial charge in [-0.1, -0.05) is 6.42 Å². The van der Waals surface area contributed by atoms with E-state index in [9.17, 15) is 13.6 Å². The van der Waals surface area contributed by atoms with Crippen LogP contribution in [-0.2, 0) is 11.3 Å². The summed E-state index contributed by atoms with van der Waals surface area (Å²) < 4.78 is 33.3. The molecule has 0 unspecified atom stereocenters. The molecule has 3 heterocycles. The molecule has 2 bridgehead atoms. The minimum Gasteiger partial charge on any atom is -0.496 e. The quantitative estimate of drug-likeness (QED) is 0.823. The van der Waals surface area contributed by atoms with Gasteiger partial charge in [-0.05, 0) is 43.7 Å². The fourth-order valence-corrected chi connectivity index (χ4v) is 4.58. The van der Waals surface area contributed by atoms with Crippen molar-refractivity contribution in [3.63, 3.8) is 0 Å². The number of rotatable bonds is 4. The lowest BCUT2D eigenvalue weighted by atomic mass is 9.84. The number of carbonyl (C=O) groups excluding carboxylic acids is 1. The maximum absolute atomic E-state index is 14.4. The third-order valence-corrected chi connectivity index (χ3v) is 6.33. The molecule has 1 aromatic carbocycles. The van der Waals surface area contributed by atoms with Crippen LogP contribution in [0.15, 0.2) is 12.1 Å². The number of carbonyl (C=O) groups is 1. The van der Waals surface area contributed by atoms with E-state index < -0.39 is 11.6 Å². The van der Waals surface area contributed by atoms with E-state index in [1.165, 1.54) is 13.2 Å². The number of methoxy groups -OCH3 is 1. The molecule has 1 aliphatic carbocycles. The Morgan fingerprint density at radius 2 is 1.96 bits per heavy atom. The van der Waals surface area contributed by atoms with Gasteiger partial charge in [0.25, 0.3) is 0 Å². The summed E-state index contributed by atoms with van der Waals surface area (Å²) in [7, 11) is 1.48. The van der Waals surface area contributed by atoms with Crippen LogP contribution < -0.4 is 4.74 Å². The van der Waals surface area contributed by atoms with Crippen LogP contribution in [0.3, 0.4) is 0 Å². The van der Waals surface area contributed by atoms with Crippen molar-refractivity contribution < 1.29 is 18.3 Å². The summed E-state index contributed by atoms with van der Waals surface area (Å²) in [5, 5.41) is 0. The Labute approximate surface area is 153 Å². The second-order valence-electron chi connectivity index (χ2n) is 7.94. The van der Waals surface area contributed by atoms with Gasteiger partial charge < -0.3 is 9.64 Å². The van der Waals surface area contributed by atoms with Gasteiger partial charge >= 0.3 is 0 Å². The van der Waals surface area contributed by atoms with Crippen molar-refractivity contribution in [3.05, 3.63) is 29.3 Å². The Morgan fingerprint density at radius 1 is 1.15 bits per heavy atom. The Morgan fingerprint density at radius 3 is 2.65 bits per heavy atom. The number of ether oxygens (including phenoxy) is 1. The van der Waals surface area contributed by atoms with Crippen LogP contribution in [0.5, 0.6) is 5.75 Å². The zero-order chi connectivity index (χ0) is 18.3. The predicted octanol–water partition coefficient (Wildman–Crippen LogP) is 3.20. The summed E-state index contributed by atoms with van der Waals surface area (Å²) in [5.41, 5.74) is 0.275. The molecule has 142 valence electrons. The van der Waals surface area contributed by atoms with Crippen molar-refractivity contribution in [2.45, 2.75) is 44.7 Å². The van der Waals surface area contributed by atoms with E-state index in [2.05, 4.69) is 4.90 Å². The molecule has 4 aliphatic rings. The molecule has 3 aliphatic heterocycles. The second-order valence-corrected chi connectivity index (χ2v) is 7.94. The third kappa shape index (κ3) is 3.20. The van der Waals surface area contributed by atoms with Crippen LogP contribution in [0.2, 0.25) is 0 Å². The Balaban J connectivity index is 1.52. The van der Waals surface area contributed by atoms with Crippen molar-refractivity contribution in [1.82, 2.24) is 9.80 Å². The Bertz CT molecular complexity index is 693. The van der Waals surface area contributed by atoms with E-state index in [1.54, 1.807) is 0 Å². The highest BCUT2D eigenvalue weighted by Gasteiger charge is 2.39. The average Bonchev–Trinajstić information content (AvgIpc) is 2.89. The molecule has 3 saturated heterocycles. The van der Waals surface area contributed by atoms with Gasteiger partial charge in [0.1, 0.15) is 5.75 Å². The zero-order valence-corrected chi connectivity index (χ0v) is 15.2. The molecule has 0 N–H and O–H groups in total. The Kier molecular flexibility index (Phi) is 4.86. The van der Waals surface area contributed by atoms with Gasteiger partial charge in [-0.15, -0.1) is 0 Å². The van der Waals surface area contributed by atoms with E-state index in [0.29, 0.717) is 30.7 Å². The maximum atomic E-state index is 14.4. The molecule has 0 radical (unpaired) electrons. The smallest absolute Gasteiger partial charge is 0.225 e. The molecule has 4 fully saturated rings. The number of hydrogen-bond donors (Lipinski definition) is 0. The fourth-order valence-electron chi connectivity index (χ4n) is 4.58. The number of benzene rings is 1. The molecule has 1 aromatic rings. The molecular formula is C20H26F2N2O2. The van der Waals surface area contributed by atoms with Crippen molar-refractivity contribution in [2.75, 3.05) is 26.7 Å². The number of nitrogens with zero attached hydrogens (tertiary/aromatic N) is 2. The Hall–Kier alpha value is -1.69. The van der Waals surface area contributed by atoms with E-state index in [1.807, 2.05) is 4.90 Å². The lowest BCUT2D eigenvalue weighted by Crippen LogP contribution is -2.45. The lowest BCUT2D eigenvalue weighted by molar-refractivity contribution is -0.138. The highest BCUT2D eigenvalue weighted by atomic mass is 19.2. The SMILES string of the molecule is COc1ccc(F)c(F)c1CN1C[C@H]2CC[C@@H]1CN(C(=O)C1CCC1)C2. The lowest BCUT2D eigenvalue weighted by Gasteiger charge is -2.36. The molecule has 6 heteroatoms. The minimum absolute atomic E-state index is 0.199. The van der Waals surface area contributed by atoms with Crippen LogP contribution >= 0.6 is 0 Å². The second kappa shape index (κ2) is 7.14. The van der Waals surface area contributed by atoms with E-state index in [4.69, 9.17) is 4.74 Å². The molecule has 0 aromatic heterocycles. The van der Waals surface area contributed by atoms with Crippen molar-refractivity contribution in [1.29, 1.82) is 0 Å². The summed E-state index contributed by atoms with van der Waals surface area (Å²) >= 11 is 0. The fraction of sp³-hybridized carbons (Fsp3) is 0.650. The number of halogens is 2. The molecule has 1 amide bonds. The summed E-state index contributed by atoms with van der Waals surface area (Å²) in [6.45, 7) is 2.63. The molecule has 1 saturated carbocycles. The first kappa shape index (κ1) is 17.7. The zero-order valence-electron chi connectivity index (χ0n) is 15.2. The summed E-state index contributed by atoms with van der Waals surface area (Å²) in [6.07, 6.45) is 5.28. The number of hydrogen-bond acceptors (Lipinski definition) is 3. The molecule has 5 rings (SSSR count). The predicted molar refractivity (Wildman–Crippen MR) is 93.8 cm³/mol.